The Balaban J connectivity index is 2.10. The third kappa shape index (κ3) is 5.22. The van der Waals surface area contributed by atoms with Gasteiger partial charge < -0.3 is 0 Å². The van der Waals surface area contributed by atoms with Crippen LogP contribution < -0.4 is 0 Å². The van der Waals surface area contributed by atoms with E-state index in [0.29, 0.717) is 6.42 Å². The molecule has 1 aromatic heterocycles. The van der Waals surface area contributed by atoms with Gasteiger partial charge >= 0.3 is 132 Å². The van der Waals surface area contributed by atoms with Gasteiger partial charge in [-0.2, -0.15) is 0 Å². The number of hydrogen-bond donors (Lipinski definition) is 0. The molecule has 0 N–H and O–H groups in total. The van der Waals surface area contributed by atoms with Gasteiger partial charge in [0.25, 0.3) is 0 Å². The third-order valence-corrected chi connectivity index (χ3v) is 4.09. The van der Waals surface area contributed by atoms with Crippen LogP contribution in [0.5, 0.6) is 0 Å². The van der Waals surface area contributed by atoms with Gasteiger partial charge in [0.1, 0.15) is 0 Å². The molecule has 1 aliphatic rings. The molecule has 0 saturated heterocycles. The van der Waals surface area contributed by atoms with E-state index in [-0.39, 0.29) is 0 Å². The molecule has 0 radical (unpaired) electrons. The van der Waals surface area contributed by atoms with Crippen molar-refractivity contribution in [2.24, 2.45) is 9.98 Å². The molecule has 4 nitrogen and oxygen atoms in total. The van der Waals surface area contributed by atoms with Crippen molar-refractivity contribution in [3.8, 4) is 0 Å². The van der Waals surface area contributed by atoms with E-state index in [0.717, 1.165) is 48.6 Å². The van der Waals surface area contributed by atoms with Crippen LogP contribution in [0.2, 0.25) is 0 Å². The predicted octanol–water partition coefficient (Wildman–Crippen LogP) is 2.43. The van der Waals surface area contributed by atoms with Crippen molar-refractivity contribution in [3.05, 3.63) is 46.1 Å². The summed E-state index contributed by atoms with van der Waals surface area (Å²) in [5.41, 5.74) is 7.67. The van der Waals surface area contributed by atoms with Crippen LogP contribution in [0.3, 0.4) is 0 Å². The van der Waals surface area contributed by atoms with Gasteiger partial charge in [0.15, 0.2) is 0 Å². The summed E-state index contributed by atoms with van der Waals surface area (Å²) in [4.78, 5) is 17.6. The summed E-state index contributed by atoms with van der Waals surface area (Å²) in [7, 11) is 1.07. The molecule has 122 valence electrons. The monoisotopic (exact) mass is 318 g/mol. The molecule has 0 aromatic carbocycles. The van der Waals surface area contributed by atoms with Gasteiger partial charge in [-0.3, -0.25) is 0 Å². The topological polar surface area (TPSA) is 50.5 Å². The summed E-state index contributed by atoms with van der Waals surface area (Å²) in [6.07, 6.45) is 6.14. The van der Waals surface area contributed by atoms with E-state index < -0.39 is 0 Å². The second kappa shape index (κ2) is 8.67. The van der Waals surface area contributed by atoms with E-state index in [9.17, 15) is 0 Å². The minimum atomic E-state index is 0.601. The second-order valence-corrected chi connectivity index (χ2v) is 6.32. The Hall–Kier alpha value is -2.10. The van der Waals surface area contributed by atoms with E-state index in [1.165, 1.54) is 10.9 Å². The van der Waals surface area contributed by atoms with Crippen LogP contribution in [0.15, 0.2) is 39.0 Å². The first-order valence-corrected chi connectivity index (χ1v) is 8.33. The quantitative estimate of drug-likeness (QED) is 0.573. The molecule has 2 rings (SSSR count). The molecular formula is C18H24B2N4. The van der Waals surface area contributed by atoms with E-state index in [4.69, 9.17) is 4.98 Å². The Morgan fingerprint density at radius 3 is 2.75 bits per heavy atom. The fourth-order valence-corrected chi connectivity index (χ4v) is 2.61. The fourth-order valence-electron chi connectivity index (χ4n) is 2.61. The molecule has 1 aliphatic heterocycles. The number of nitrogens with zero attached hydrogens (tertiary/aromatic N) is 4. The van der Waals surface area contributed by atoms with Gasteiger partial charge in [-0.05, 0) is 13.8 Å². The van der Waals surface area contributed by atoms with Gasteiger partial charge in [-0.15, -0.1) is 0 Å². The van der Waals surface area contributed by atoms with Crippen LogP contribution >= 0.6 is 0 Å². The van der Waals surface area contributed by atoms with Crippen LogP contribution in [0.25, 0.3) is 0 Å². The maximum absolute atomic E-state index is 4.79. The van der Waals surface area contributed by atoms with Gasteiger partial charge in [0, 0.05) is 0 Å². The summed E-state index contributed by atoms with van der Waals surface area (Å²) < 4.78 is 0. The van der Waals surface area contributed by atoms with Crippen molar-refractivity contribution in [2.45, 2.75) is 47.0 Å². The molecule has 0 bridgehead atoms. The van der Waals surface area contributed by atoms with Gasteiger partial charge in [0.05, 0.1) is 0 Å². The number of allylic oxidation sites excluding steroid dienone is 3. The standard InChI is InChI=1S/C18H24B2N4/c1-12(2)22-9-15(21-5)8-16-10-23-14(4)18(24-16)7-6-17-13(3)19-11-20-17/h9-11,20H,5-8H2,1-4H3/b15-9-. The summed E-state index contributed by atoms with van der Waals surface area (Å²) in [6.45, 7) is 13.9. The van der Waals surface area contributed by atoms with E-state index >= 15 is 0 Å². The molecule has 0 amide bonds. The van der Waals surface area contributed by atoms with Crippen molar-refractivity contribution in [1.82, 2.24) is 9.97 Å². The van der Waals surface area contributed by atoms with Gasteiger partial charge in [-0.25, -0.2) is 0 Å². The fraction of sp³-hybridized carbons (Fsp3) is 0.389. The van der Waals surface area contributed by atoms with Crippen LogP contribution in [-0.2, 0) is 12.8 Å². The van der Waals surface area contributed by atoms with Crippen molar-refractivity contribution < 1.29 is 0 Å². The molecule has 1 aromatic rings. The zero-order valence-electron chi connectivity index (χ0n) is 15.1. The van der Waals surface area contributed by atoms with E-state index in [1.54, 1.807) is 6.20 Å². The summed E-state index contributed by atoms with van der Waals surface area (Å²) in [5, 5.41) is 0. The normalized spacial score (nSPS) is 13.6. The average molecular weight is 318 g/mol. The summed E-state index contributed by atoms with van der Waals surface area (Å²) >= 11 is 0. The molecule has 0 fully saturated rings. The molecule has 0 spiro atoms. The summed E-state index contributed by atoms with van der Waals surface area (Å²) in [6, 6.07) is 0. The van der Waals surface area contributed by atoms with Crippen molar-refractivity contribution in [3.63, 3.8) is 0 Å². The average Bonchev–Trinajstić information content (AvgIpc) is 2.96. The Kier molecular flexibility index (Phi) is 6.59. The van der Waals surface area contributed by atoms with E-state index in [1.807, 2.05) is 27.0 Å². The number of aryl methyl sites for hydroxylation is 2. The molecular weight excluding hydrogens is 294 g/mol. The Bertz CT molecular complexity index is 741. The number of aliphatic imine (C=N–C) groups is 2. The Labute approximate surface area is 146 Å². The van der Waals surface area contributed by atoms with Crippen molar-refractivity contribution in [1.29, 1.82) is 0 Å². The molecule has 0 unspecified atom stereocenters. The zero-order chi connectivity index (χ0) is 17.5. The molecule has 0 saturated carbocycles. The van der Waals surface area contributed by atoms with Crippen LogP contribution in [-0.4, -0.2) is 42.5 Å². The molecule has 24 heavy (non-hydrogen) atoms. The number of hydrogen-bond acceptors (Lipinski definition) is 4. The van der Waals surface area contributed by atoms with E-state index in [2.05, 4.69) is 41.4 Å². The number of rotatable bonds is 7. The molecule has 2 heterocycles. The third-order valence-electron chi connectivity index (χ3n) is 4.09. The minimum absolute atomic E-state index is 0.601. The number of aromatic nitrogens is 2. The van der Waals surface area contributed by atoms with Crippen molar-refractivity contribution >= 4 is 32.5 Å². The maximum atomic E-state index is 4.79. The molecule has 0 atom stereocenters. The first-order valence-electron chi connectivity index (χ1n) is 8.33. The zero-order valence-corrected chi connectivity index (χ0v) is 15.1. The Morgan fingerprint density at radius 1 is 1.33 bits per heavy atom. The first-order chi connectivity index (χ1) is 11.5. The summed E-state index contributed by atoms with van der Waals surface area (Å²) in [5.74, 6) is 2.22. The molecule has 0 aliphatic carbocycles. The van der Waals surface area contributed by atoms with Gasteiger partial charge in [0.2, 0.25) is 0 Å². The predicted molar refractivity (Wildman–Crippen MR) is 107 cm³/mol. The van der Waals surface area contributed by atoms with Crippen molar-refractivity contribution in [2.75, 3.05) is 0 Å². The molecule has 6 heteroatoms. The van der Waals surface area contributed by atoms with Gasteiger partial charge in [-0.1, -0.05) is 0 Å². The van der Waals surface area contributed by atoms with Crippen LogP contribution in [0.4, 0.5) is 0 Å². The second-order valence-electron chi connectivity index (χ2n) is 6.32. The van der Waals surface area contributed by atoms with Crippen LogP contribution in [0, 0.1) is 6.92 Å². The SMILES string of the molecule is C=N/C(=C\N=C(C)C)Cc1cnc(C)c(CCC2=C(C)B=CB2)n1. The Morgan fingerprint density at radius 2 is 2.12 bits per heavy atom. The van der Waals surface area contributed by atoms with Crippen LogP contribution in [0.1, 0.15) is 44.3 Å². The first kappa shape index (κ1) is 18.2.